The second-order valence-corrected chi connectivity index (χ2v) is 5.99. The number of nitrogens with zero attached hydrogens (tertiary/aromatic N) is 1. The molecule has 1 heterocycles. The maximum Gasteiger partial charge on any atom is 0.244 e. The molecule has 0 saturated carbocycles. The van der Waals surface area contributed by atoms with E-state index in [2.05, 4.69) is 15.6 Å². The van der Waals surface area contributed by atoms with Crippen LogP contribution in [-0.4, -0.2) is 38.2 Å². The number of pyridine rings is 1. The third-order valence-electron chi connectivity index (χ3n) is 3.38. The van der Waals surface area contributed by atoms with Crippen LogP contribution in [0.15, 0.2) is 36.5 Å². The number of aromatic nitrogens is 1. The summed E-state index contributed by atoms with van der Waals surface area (Å²) in [6.45, 7) is 0.878. The molecule has 0 bridgehead atoms. The van der Waals surface area contributed by atoms with E-state index in [1.807, 2.05) is 6.07 Å². The van der Waals surface area contributed by atoms with Crippen molar-refractivity contribution >= 4 is 41.0 Å². The van der Waals surface area contributed by atoms with E-state index >= 15 is 0 Å². The number of carbonyl (C=O) groups is 1. The number of nitrogens with one attached hydrogen (secondary N) is 2. The first-order chi connectivity index (χ1) is 12.5. The molecule has 0 spiro atoms. The summed E-state index contributed by atoms with van der Waals surface area (Å²) in [6, 6.07) is 6.97. The molecule has 2 aromatic rings. The van der Waals surface area contributed by atoms with Gasteiger partial charge in [0.05, 0.1) is 24.3 Å². The minimum absolute atomic E-state index is 0.222. The lowest BCUT2D eigenvalue weighted by Gasteiger charge is -2.08. The van der Waals surface area contributed by atoms with Gasteiger partial charge < -0.3 is 20.1 Å². The molecule has 2 N–H and O–H groups in total. The number of anilines is 1. The smallest absolute Gasteiger partial charge is 0.244 e. The fraction of sp³-hybridized carbons (Fsp3) is 0.222. The van der Waals surface area contributed by atoms with Crippen LogP contribution in [0.25, 0.3) is 6.08 Å². The Morgan fingerprint density at radius 1 is 1.19 bits per heavy atom. The summed E-state index contributed by atoms with van der Waals surface area (Å²) in [6.07, 6.45) is 4.62. The van der Waals surface area contributed by atoms with Crippen molar-refractivity contribution in [2.45, 2.75) is 0 Å². The number of rotatable bonds is 8. The summed E-state index contributed by atoms with van der Waals surface area (Å²) in [7, 11) is 3.15. The molecule has 0 atom stereocenters. The molecule has 0 unspecified atom stereocenters. The number of benzene rings is 1. The van der Waals surface area contributed by atoms with Crippen LogP contribution in [0.5, 0.6) is 11.5 Å². The second-order valence-electron chi connectivity index (χ2n) is 5.14. The summed E-state index contributed by atoms with van der Waals surface area (Å²) in [5.41, 5.74) is 0.777. The highest BCUT2D eigenvalue weighted by atomic mass is 35.5. The van der Waals surface area contributed by atoms with Crippen LogP contribution in [0.1, 0.15) is 5.56 Å². The minimum Gasteiger partial charge on any atom is -0.497 e. The Bertz CT molecular complexity index is 797. The van der Waals surface area contributed by atoms with E-state index in [0.29, 0.717) is 40.5 Å². The Labute approximate surface area is 162 Å². The number of halogens is 2. The van der Waals surface area contributed by atoms with Crippen molar-refractivity contribution in [3.8, 4) is 11.5 Å². The zero-order chi connectivity index (χ0) is 18.9. The average molecular weight is 396 g/mol. The van der Waals surface area contributed by atoms with Crippen molar-refractivity contribution in [1.29, 1.82) is 0 Å². The van der Waals surface area contributed by atoms with E-state index in [1.165, 1.54) is 12.3 Å². The fourth-order valence-electron chi connectivity index (χ4n) is 2.09. The van der Waals surface area contributed by atoms with Gasteiger partial charge in [-0.05, 0) is 24.3 Å². The van der Waals surface area contributed by atoms with E-state index in [0.717, 1.165) is 5.56 Å². The van der Waals surface area contributed by atoms with E-state index in [4.69, 9.17) is 32.7 Å². The number of hydrogen-bond acceptors (Lipinski definition) is 5. The molecule has 0 aliphatic carbocycles. The maximum absolute atomic E-state index is 11.9. The summed E-state index contributed by atoms with van der Waals surface area (Å²) >= 11 is 11.8. The molecule has 0 fully saturated rings. The van der Waals surface area contributed by atoms with Gasteiger partial charge in [0, 0.05) is 37.0 Å². The number of methoxy groups -OCH3 is 2. The highest BCUT2D eigenvalue weighted by molar-refractivity contribution is 6.35. The second kappa shape index (κ2) is 9.89. The lowest BCUT2D eigenvalue weighted by molar-refractivity contribution is -0.116. The van der Waals surface area contributed by atoms with Crippen molar-refractivity contribution in [2.24, 2.45) is 0 Å². The molecule has 0 aliphatic rings. The summed E-state index contributed by atoms with van der Waals surface area (Å²) in [5, 5.41) is 6.68. The van der Waals surface area contributed by atoms with Crippen LogP contribution in [-0.2, 0) is 4.79 Å². The number of ether oxygens (including phenoxy) is 2. The van der Waals surface area contributed by atoms with E-state index in [9.17, 15) is 4.79 Å². The topological polar surface area (TPSA) is 72.5 Å². The maximum atomic E-state index is 11.9. The molecule has 6 nitrogen and oxygen atoms in total. The van der Waals surface area contributed by atoms with Gasteiger partial charge in [-0.3, -0.25) is 4.79 Å². The Kier molecular flexibility index (Phi) is 7.56. The van der Waals surface area contributed by atoms with Gasteiger partial charge in [0.1, 0.15) is 17.3 Å². The zero-order valence-corrected chi connectivity index (χ0v) is 15.9. The largest absolute Gasteiger partial charge is 0.497 e. The molecule has 138 valence electrons. The van der Waals surface area contributed by atoms with Gasteiger partial charge in [-0.1, -0.05) is 23.2 Å². The van der Waals surface area contributed by atoms with Crippen LogP contribution >= 0.6 is 23.2 Å². The SMILES string of the molecule is COc1ccc(/C=C/C(=O)NCCNc2ncc(Cl)cc2Cl)c(OC)c1. The third kappa shape index (κ3) is 5.82. The average Bonchev–Trinajstić information content (AvgIpc) is 2.64. The van der Waals surface area contributed by atoms with Crippen molar-refractivity contribution in [2.75, 3.05) is 32.6 Å². The zero-order valence-electron chi connectivity index (χ0n) is 14.4. The summed E-state index contributed by atoms with van der Waals surface area (Å²) < 4.78 is 10.4. The summed E-state index contributed by atoms with van der Waals surface area (Å²) in [4.78, 5) is 16.0. The van der Waals surface area contributed by atoms with Gasteiger partial charge in [0.25, 0.3) is 0 Å². The molecule has 1 aromatic carbocycles. The van der Waals surface area contributed by atoms with Gasteiger partial charge in [-0.15, -0.1) is 0 Å². The molecule has 0 radical (unpaired) electrons. The Hall–Kier alpha value is -2.44. The van der Waals surface area contributed by atoms with E-state index in [1.54, 1.807) is 38.5 Å². The van der Waals surface area contributed by atoms with Crippen LogP contribution in [0.2, 0.25) is 10.0 Å². The van der Waals surface area contributed by atoms with E-state index in [-0.39, 0.29) is 5.91 Å². The lowest BCUT2D eigenvalue weighted by Crippen LogP contribution is -2.27. The first kappa shape index (κ1) is 19.9. The number of carbonyl (C=O) groups excluding carboxylic acids is 1. The van der Waals surface area contributed by atoms with Crippen LogP contribution in [0.3, 0.4) is 0 Å². The van der Waals surface area contributed by atoms with Crippen molar-refractivity contribution in [3.63, 3.8) is 0 Å². The molecule has 1 aromatic heterocycles. The van der Waals surface area contributed by atoms with Crippen LogP contribution in [0, 0.1) is 0 Å². The Morgan fingerprint density at radius 3 is 2.69 bits per heavy atom. The number of amides is 1. The lowest BCUT2D eigenvalue weighted by atomic mass is 10.1. The Morgan fingerprint density at radius 2 is 2.00 bits per heavy atom. The van der Waals surface area contributed by atoms with Gasteiger partial charge >= 0.3 is 0 Å². The predicted octanol–water partition coefficient (Wildman–Crippen LogP) is 3.65. The molecule has 0 saturated heterocycles. The monoisotopic (exact) mass is 395 g/mol. The van der Waals surface area contributed by atoms with E-state index < -0.39 is 0 Å². The normalized spacial score (nSPS) is 10.6. The fourth-order valence-corrected chi connectivity index (χ4v) is 2.54. The molecule has 8 heteroatoms. The first-order valence-corrected chi connectivity index (χ1v) is 8.52. The minimum atomic E-state index is -0.222. The summed E-state index contributed by atoms with van der Waals surface area (Å²) in [5.74, 6) is 1.60. The Balaban J connectivity index is 1.82. The molecule has 0 aliphatic heterocycles. The highest BCUT2D eigenvalue weighted by Gasteiger charge is 2.04. The van der Waals surface area contributed by atoms with Crippen LogP contribution < -0.4 is 20.1 Å². The van der Waals surface area contributed by atoms with Gasteiger partial charge in [-0.25, -0.2) is 4.98 Å². The van der Waals surface area contributed by atoms with Crippen LogP contribution in [0.4, 0.5) is 5.82 Å². The molecule has 1 amide bonds. The van der Waals surface area contributed by atoms with Crippen molar-refractivity contribution < 1.29 is 14.3 Å². The van der Waals surface area contributed by atoms with Crippen molar-refractivity contribution in [1.82, 2.24) is 10.3 Å². The molecule has 26 heavy (non-hydrogen) atoms. The highest BCUT2D eigenvalue weighted by Crippen LogP contribution is 2.25. The van der Waals surface area contributed by atoms with Gasteiger partial charge in [0.15, 0.2) is 0 Å². The molecular formula is C18H19Cl2N3O3. The van der Waals surface area contributed by atoms with Gasteiger partial charge in [0.2, 0.25) is 5.91 Å². The van der Waals surface area contributed by atoms with Crippen molar-refractivity contribution in [3.05, 3.63) is 52.1 Å². The first-order valence-electron chi connectivity index (χ1n) is 7.76. The third-order valence-corrected chi connectivity index (χ3v) is 3.87. The predicted molar refractivity (Wildman–Crippen MR) is 104 cm³/mol. The number of hydrogen-bond donors (Lipinski definition) is 2. The molecular weight excluding hydrogens is 377 g/mol. The van der Waals surface area contributed by atoms with Gasteiger partial charge in [-0.2, -0.15) is 0 Å². The quantitative estimate of drug-likeness (QED) is 0.527. The standard InChI is InChI=1S/C18H19Cl2N3O3/c1-25-14-5-3-12(16(10-14)26-2)4-6-17(24)21-7-8-22-18-15(20)9-13(19)11-23-18/h3-6,9-11H,7-8H2,1-2H3,(H,21,24)(H,22,23)/b6-4+. The molecule has 2 rings (SSSR count).